The molecule has 0 aliphatic heterocycles. The van der Waals surface area contributed by atoms with Crippen LogP contribution >= 0.6 is 11.6 Å². The molecule has 1 amide bonds. The number of hydrogen-bond donors (Lipinski definition) is 1. The van der Waals surface area contributed by atoms with Gasteiger partial charge in [-0.15, -0.1) is 0 Å². The molecule has 0 radical (unpaired) electrons. The number of amides is 1. The van der Waals surface area contributed by atoms with Crippen LogP contribution in [0, 0.1) is 11.2 Å². The highest BCUT2D eigenvalue weighted by atomic mass is 35.5. The Morgan fingerprint density at radius 3 is 2.59 bits per heavy atom. The number of carbonyl (C=O) groups is 1. The van der Waals surface area contributed by atoms with Crippen LogP contribution in [0.5, 0.6) is 0 Å². The van der Waals surface area contributed by atoms with Gasteiger partial charge in [0.05, 0.1) is 23.6 Å². The quantitative estimate of drug-likeness (QED) is 0.676. The Balaban J connectivity index is 2.06. The van der Waals surface area contributed by atoms with Crippen LogP contribution in [0.3, 0.4) is 0 Å². The van der Waals surface area contributed by atoms with Gasteiger partial charge in [0.2, 0.25) is 5.91 Å². The van der Waals surface area contributed by atoms with E-state index in [9.17, 15) is 9.18 Å². The fourth-order valence-corrected chi connectivity index (χ4v) is 3.13. The van der Waals surface area contributed by atoms with Crippen LogP contribution in [0.4, 0.5) is 4.39 Å². The molecule has 3 rings (SSSR count). The molecule has 27 heavy (non-hydrogen) atoms. The number of hydrogen-bond acceptors (Lipinski definition) is 2. The maximum Gasteiger partial charge on any atom is 0.225 e. The third-order valence-electron chi connectivity index (χ3n) is 4.48. The molecule has 0 unspecified atom stereocenters. The molecule has 1 N–H and O–H groups in total. The van der Waals surface area contributed by atoms with E-state index in [-0.39, 0.29) is 24.3 Å². The molecule has 4 nitrogen and oxygen atoms in total. The zero-order chi connectivity index (χ0) is 19.8. The van der Waals surface area contributed by atoms with Crippen LogP contribution in [0.2, 0.25) is 5.02 Å². The number of rotatable bonds is 4. The van der Waals surface area contributed by atoms with Crippen molar-refractivity contribution in [3.63, 3.8) is 0 Å². The molecule has 0 spiro atoms. The molecule has 6 heteroatoms. The summed E-state index contributed by atoms with van der Waals surface area (Å²) in [5.74, 6) is 0.225. The second kappa shape index (κ2) is 7.31. The molecule has 0 aliphatic carbocycles. The van der Waals surface area contributed by atoms with Gasteiger partial charge in [-0.1, -0.05) is 50.6 Å². The average Bonchev–Trinajstić information content (AvgIpc) is 2.96. The number of nitrogens with zero attached hydrogens (tertiary/aromatic N) is 2. The van der Waals surface area contributed by atoms with Gasteiger partial charge in [-0.2, -0.15) is 0 Å². The van der Waals surface area contributed by atoms with E-state index in [4.69, 9.17) is 11.6 Å². The Kier molecular flexibility index (Phi) is 5.24. The molecule has 3 aromatic rings. The summed E-state index contributed by atoms with van der Waals surface area (Å²) in [5, 5.41) is 3.37. The molecular weight excluding hydrogens is 365 g/mol. The lowest BCUT2D eigenvalue weighted by molar-refractivity contribution is -0.129. The van der Waals surface area contributed by atoms with Gasteiger partial charge in [-0.25, -0.2) is 9.37 Å². The first-order valence-electron chi connectivity index (χ1n) is 8.87. The minimum absolute atomic E-state index is 0.0717. The fourth-order valence-electron chi connectivity index (χ4n) is 2.91. The third-order valence-corrected chi connectivity index (χ3v) is 4.83. The summed E-state index contributed by atoms with van der Waals surface area (Å²) < 4.78 is 16.3. The van der Waals surface area contributed by atoms with Crippen LogP contribution in [0.15, 0.2) is 42.5 Å². The SMILES string of the molecule is C[C@H](NC(=O)C(C)(C)C)c1nc2ccccc2n1Cc1c(F)cccc1Cl. The van der Waals surface area contributed by atoms with Crippen molar-refractivity contribution in [1.82, 2.24) is 14.9 Å². The number of nitrogens with one attached hydrogen (secondary N) is 1. The Labute approximate surface area is 163 Å². The van der Waals surface area contributed by atoms with Gasteiger partial charge < -0.3 is 9.88 Å². The summed E-state index contributed by atoms with van der Waals surface area (Å²) in [4.78, 5) is 17.1. The number of para-hydroxylation sites is 2. The molecule has 0 saturated heterocycles. The Hall–Kier alpha value is -2.40. The highest BCUT2D eigenvalue weighted by Crippen LogP contribution is 2.27. The van der Waals surface area contributed by atoms with Crippen molar-refractivity contribution in [3.8, 4) is 0 Å². The maximum absolute atomic E-state index is 14.4. The molecule has 0 fully saturated rings. The summed E-state index contributed by atoms with van der Waals surface area (Å²) in [6.07, 6.45) is 0. The molecule has 1 atom stereocenters. The van der Waals surface area contributed by atoms with E-state index < -0.39 is 5.41 Å². The Morgan fingerprint density at radius 1 is 1.22 bits per heavy atom. The van der Waals surface area contributed by atoms with E-state index in [2.05, 4.69) is 10.3 Å². The Morgan fingerprint density at radius 2 is 1.93 bits per heavy atom. The zero-order valence-electron chi connectivity index (χ0n) is 15.9. The van der Waals surface area contributed by atoms with Crippen molar-refractivity contribution in [2.24, 2.45) is 5.41 Å². The zero-order valence-corrected chi connectivity index (χ0v) is 16.6. The normalized spacial score (nSPS) is 13.0. The van der Waals surface area contributed by atoms with Gasteiger partial charge in [0.15, 0.2) is 0 Å². The second-order valence-corrected chi connectivity index (χ2v) is 8.10. The second-order valence-electron chi connectivity index (χ2n) is 7.69. The highest BCUT2D eigenvalue weighted by molar-refractivity contribution is 6.31. The number of fused-ring (bicyclic) bond motifs is 1. The summed E-state index contributed by atoms with van der Waals surface area (Å²) in [6, 6.07) is 11.9. The number of benzene rings is 2. The average molecular weight is 388 g/mol. The number of aromatic nitrogens is 2. The lowest BCUT2D eigenvalue weighted by Gasteiger charge is -2.22. The fraction of sp³-hybridized carbons (Fsp3) is 0.333. The topological polar surface area (TPSA) is 46.9 Å². The predicted octanol–water partition coefficient (Wildman–Crippen LogP) is 5.10. The molecule has 2 aromatic carbocycles. The van der Waals surface area contributed by atoms with Crippen LogP contribution < -0.4 is 5.32 Å². The summed E-state index contributed by atoms with van der Waals surface area (Å²) >= 11 is 6.23. The first-order valence-corrected chi connectivity index (χ1v) is 9.25. The minimum atomic E-state index is -0.514. The van der Waals surface area contributed by atoms with Crippen molar-refractivity contribution < 1.29 is 9.18 Å². The van der Waals surface area contributed by atoms with E-state index >= 15 is 0 Å². The van der Waals surface area contributed by atoms with Gasteiger partial charge in [0, 0.05) is 16.0 Å². The van der Waals surface area contributed by atoms with Crippen molar-refractivity contribution >= 4 is 28.5 Å². The number of imidazole rings is 1. The van der Waals surface area contributed by atoms with E-state index in [1.807, 2.05) is 56.5 Å². The van der Waals surface area contributed by atoms with Gasteiger partial charge >= 0.3 is 0 Å². The van der Waals surface area contributed by atoms with E-state index in [0.29, 0.717) is 16.4 Å². The van der Waals surface area contributed by atoms with E-state index in [1.165, 1.54) is 6.07 Å². The highest BCUT2D eigenvalue weighted by Gasteiger charge is 2.26. The predicted molar refractivity (Wildman–Crippen MR) is 106 cm³/mol. The van der Waals surface area contributed by atoms with Crippen LogP contribution in [0.25, 0.3) is 11.0 Å². The molecule has 1 aromatic heterocycles. The molecule has 1 heterocycles. The number of halogens is 2. The minimum Gasteiger partial charge on any atom is -0.346 e. The van der Waals surface area contributed by atoms with Gasteiger partial charge in [-0.05, 0) is 31.2 Å². The van der Waals surface area contributed by atoms with Crippen molar-refractivity contribution in [1.29, 1.82) is 0 Å². The summed E-state index contributed by atoms with van der Waals surface area (Å²) in [7, 11) is 0. The molecule has 0 aliphatic rings. The van der Waals surface area contributed by atoms with E-state index in [1.54, 1.807) is 12.1 Å². The largest absolute Gasteiger partial charge is 0.346 e. The lowest BCUT2D eigenvalue weighted by atomic mass is 9.95. The van der Waals surface area contributed by atoms with Crippen LogP contribution in [-0.4, -0.2) is 15.5 Å². The van der Waals surface area contributed by atoms with Gasteiger partial charge in [0.1, 0.15) is 11.6 Å². The van der Waals surface area contributed by atoms with E-state index in [0.717, 1.165) is 11.0 Å². The van der Waals surface area contributed by atoms with Crippen molar-refractivity contribution in [2.45, 2.75) is 40.3 Å². The third kappa shape index (κ3) is 3.98. The summed E-state index contributed by atoms with van der Waals surface area (Å²) in [5.41, 5.74) is 1.54. The van der Waals surface area contributed by atoms with Gasteiger partial charge in [-0.3, -0.25) is 4.79 Å². The first-order chi connectivity index (χ1) is 12.7. The van der Waals surface area contributed by atoms with Crippen molar-refractivity contribution in [3.05, 3.63) is 64.7 Å². The van der Waals surface area contributed by atoms with Crippen LogP contribution in [-0.2, 0) is 11.3 Å². The maximum atomic E-state index is 14.4. The molecular formula is C21H23ClFN3O. The Bertz CT molecular complexity index is 970. The monoisotopic (exact) mass is 387 g/mol. The lowest BCUT2D eigenvalue weighted by Crippen LogP contribution is -2.37. The molecule has 0 bridgehead atoms. The molecule has 142 valence electrons. The van der Waals surface area contributed by atoms with Crippen molar-refractivity contribution in [2.75, 3.05) is 0 Å². The first kappa shape index (κ1) is 19.4. The smallest absolute Gasteiger partial charge is 0.225 e. The standard InChI is InChI=1S/C21H23ClFN3O/c1-13(24-20(27)21(2,3)4)19-25-17-10-5-6-11-18(17)26(19)12-14-15(22)8-7-9-16(14)23/h5-11,13H,12H2,1-4H3,(H,24,27)/t13-/m0/s1. The van der Waals surface area contributed by atoms with Gasteiger partial charge in [0.25, 0.3) is 0 Å². The molecule has 0 saturated carbocycles. The van der Waals surface area contributed by atoms with Crippen LogP contribution in [0.1, 0.15) is 45.1 Å². The number of carbonyl (C=O) groups excluding carboxylic acids is 1. The summed E-state index contributed by atoms with van der Waals surface area (Å²) in [6.45, 7) is 7.69.